The molecule has 2 aliphatic rings. The summed E-state index contributed by atoms with van der Waals surface area (Å²) < 4.78 is 0. The molecule has 0 saturated carbocycles. The van der Waals surface area contributed by atoms with Gasteiger partial charge in [-0.2, -0.15) is 5.10 Å². The molecule has 4 rings (SSSR count). The number of pyridine rings is 1. The highest BCUT2D eigenvalue weighted by molar-refractivity contribution is 6.30. The number of benzene rings is 1. The molecule has 0 aliphatic carbocycles. The van der Waals surface area contributed by atoms with Crippen LogP contribution in [-0.4, -0.2) is 33.0 Å². The highest BCUT2D eigenvalue weighted by atomic mass is 35.5. The van der Waals surface area contributed by atoms with Crippen LogP contribution >= 0.6 is 11.6 Å². The Morgan fingerprint density at radius 1 is 1.15 bits per heavy atom. The number of nitrogens with zero attached hydrogens (tertiary/aromatic N) is 4. The number of carbonyl (C=O) groups excluding carboxylic acids is 1. The zero-order chi connectivity index (χ0) is 19.1. The molecule has 138 valence electrons. The monoisotopic (exact) mass is 382 g/mol. The summed E-state index contributed by atoms with van der Waals surface area (Å²) in [5.41, 5.74) is 2.22. The van der Waals surface area contributed by atoms with Gasteiger partial charge < -0.3 is 5.11 Å². The Morgan fingerprint density at radius 2 is 1.89 bits per heavy atom. The maximum absolute atomic E-state index is 12.6. The molecular weight excluding hydrogens is 364 g/mol. The van der Waals surface area contributed by atoms with Gasteiger partial charge in [-0.3, -0.25) is 9.69 Å². The lowest BCUT2D eigenvalue weighted by atomic mass is 10.0. The summed E-state index contributed by atoms with van der Waals surface area (Å²) in [5.74, 6) is 0.987. The van der Waals surface area contributed by atoms with E-state index in [-0.39, 0.29) is 11.9 Å². The van der Waals surface area contributed by atoms with Crippen molar-refractivity contribution in [3.8, 4) is 0 Å². The Bertz CT molecular complexity index is 940. The van der Waals surface area contributed by atoms with Crippen molar-refractivity contribution in [2.75, 3.05) is 5.01 Å². The molecule has 2 aliphatic heterocycles. The maximum atomic E-state index is 12.6. The first kappa shape index (κ1) is 17.7. The fourth-order valence-electron chi connectivity index (χ4n) is 3.39. The molecule has 1 amide bonds. The molecule has 0 saturated heterocycles. The number of amides is 1. The Morgan fingerprint density at radius 3 is 2.48 bits per heavy atom. The molecule has 1 aromatic heterocycles. The van der Waals surface area contributed by atoms with Crippen molar-refractivity contribution in [3.63, 3.8) is 0 Å². The van der Waals surface area contributed by atoms with E-state index in [9.17, 15) is 9.90 Å². The van der Waals surface area contributed by atoms with Gasteiger partial charge in [0.25, 0.3) is 5.91 Å². The second kappa shape index (κ2) is 6.79. The van der Waals surface area contributed by atoms with Gasteiger partial charge in [-0.05, 0) is 49.2 Å². The van der Waals surface area contributed by atoms with Gasteiger partial charge in [-0.25, -0.2) is 9.99 Å². The first-order valence-electron chi connectivity index (χ1n) is 8.69. The summed E-state index contributed by atoms with van der Waals surface area (Å²) in [6, 6.07) is 13.0. The molecule has 2 unspecified atom stereocenters. The van der Waals surface area contributed by atoms with Crippen LogP contribution in [0.15, 0.2) is 64.9 Å². The molecule has 7 heteroatoms. The van der Waals surface area contributed by atoms with Crippen LogP contribution < -0.4 is 5.01 Å². The predicted molar refractivity (Wildman–Crippen MR) is 104 cm³/mol. The van der Waals surface area contributed by atoms with Crippen LogP contribution in [0.4, 0.5) is 5.82 Å². The first-order chi connectivity index (χ1) is 13.0. The van der Waals surface area contributed by atoms with Crippen molar-refractivity contribution in [1.29, 1.82) is 0 Å². The molecule has 0 bridgehead atoms. The van der Waals surface area contributed by atoms with Crippen LogP contribution in [0.2, 0.25) is 5.02 Å². The van der Waals surface area contributed by atoms with E-state index < -0.39 is 6.23 Å². The van der Waals surface area contributed by atoms with E-state index in [0.29, 0.717) is 34.2 Å². The predicted octanol–water partition coefficient (Wildman–Crippen LogP) is 3.50. The summed E-state index contributed by atoms with van der Waals surface area (Å²) in [5, 5.41) is 17.6. The SMILES string of the molecule is CC1=C(C)C(O)N(C2=NN(c3ccccn3)C(c3ccc(Cl)cc3)C2)C1=O. The van der Waals surface area contributed by atoms with Crippen molar-refractivity contribution in [2.45, 2.75) is 32.5 Å². The van der Waals surface area contributed by atoms with E-state index in [1.807, 2.05) is 42.5 Å². The van der Waals surface area contributed by atoms with E-state index in [1.165, 1.54) is 4.90 Å². The summed E-state index contributed by atoms with van der Waals surface area (Å²) in [7, 11) is 0. The molecular formula is C20H19ClN4O2. The molecule has 1 N–H and O–H groups in total. The lowest BCUT2D eigenvalue weighted by molar-refractivity contribution is -0.126. The molecule has 0 fully saturated rings. The Hall–Kier alpha value is -2.70. The van der Waals surface area contributed by atoms with E-state index >= 15 is 0 Å². The molecule has 27 heavy (non-hydrogen) atoms. The second-order valence-corrected chi connectivity index (χ2v) is 7.11. The number of rotatable bonds is 2. The van der Waals surface area contributed by atoms with E-state index in [4.69, 9.17) is 11.6 Å². The van der Waals surface area contributed by atoms with Crippen LogP contribution in [0.5, 0.6) is 0 Å². The van der Waals surface area contributed by atoms with Crippen molar-refractivity contribution in [2.24, 2.45) is 5.10 Å². The fraction of sp³-hybridized carbons (Fsp3) is 0.250. The zero-order valence-electron chi connectivity index (χ0n) is 15.0. The zero-order valence-corrected chi connectivity index (χ0v) is 15.8. The van der Waals surface area contributed by atoms with Crippen molar-refractivity contribution in [1.82, 2.24) is 9.88 Å². The number of hydrogen-bond acceptors (Lipinski definition) is 5. The average molecular weight is 383 g/mol. The Kier molecular flexibility index (Phi) is 4.45. The van der Waals surface area contributed by atoms with Gasteiger partial charge in [0.1, 0.15) is 11.7 Å². The summed E-state index contributed by atoms with van der Waals surface area (Å²) in [4.78, 5) is 18.4. The highest BCUT2D eigenvalue weighted by Gasteiger charge is 2.41. The minimum atomic E-state index is -0.981. The number of anilines is 1. The molecule has 0 radical (unpaired) electrons. The maximum Gasteiger partial charge on any atom is 0.257 e. The minimum absolute atomic E-state index is 0.145. The molecule has 1 aromatic carbocycles. The Labute approximate surface area is 162 Å². The molecule has 0 spiro atoms. The largest absolute Gasteiger partial charge is 0.369 e. The number of aliphatic hydroxyl groups excluding tert-OH is 1. The van der Waals surface area contributed by atoms with Crippen LogP contribution in [0.1, 0.15) is 31.9 Å². The molecule has 2 aromatic rings. The van der Waals surface area contributed by atoms with E-state index in [0.717, 1.165) is 5.56 Å². The highest BCUT2D eigenvalue weighted by Crippen LogP contribution is 2.37. The molecule has 3 heterocycles. The summed E-state index contributed by atoms with van der Waals surface area (Å²) in [6.07, 6.45) is 1.19. The van der Waals surface area contributed by atoms with Crippen LogP contribution in [0, 0.1) is 0 Å². The number of halogens is 1. The van der Waals surface area contributed by atoms with Crippen molar-refractivity contribution in [3.05, 3.63) is 70.4 Å². The number of carbonyl (C=O) groups is 1. The van der Waals surface area contributed by atoms with Crippen molar-refractivity contribution >= 4 is 29.2 Å². The third kappa shape index (κ3) is 3.01. The van der Waals surface area contributed by atoms with Gasteiger partial charge in [0.2, 0.25) is 0 Å². The van der Waals surface area contributed by atoms with E-state index in [1.54, 1.807) is 25.1 Å². The third-order valence-corrected chi connectivity index (χ3v) is 5.33. The van der Waals surface area contributed by atoms with Gasteiger partial charge in [0, 0.05) is 23.2 Å². The number of aliphatic hydroxyl groups is 1. The van der Waals surface area contributed by atoms with Gasteiger partial charge in [0.15, 0.2) is 6.23 Å². The quantitative estimate of drug-likeness (QED) is 0.863. The van der Waals surface area contributed by atoms with Crippen LogP contribution in [0.3, 0.4) is 0 Å². The lowest BCUT2D eigenvalue weighted by Gasteiger charge is -2.22. The lowest BCUT2D eigenvalue weighted by Crippen LogP contribution is -2.40. The third-order valence-electron chi connectivity index (χ3n) is 5.07. The second-order valence-electron chi connectivity index (χ2n) is 6.68. The van der Waals surface area contributed by atoms with Crippen molar-refractivity contribution < 1.29 is 9.90 Å². The number of hydrazone groups is 1. The normalized spacial score (nSPS) is 22.7. The summed E-state index contributed by atoms with van der Waals surface area (Å²) in [6.45, 7) is 3.49. The average Bonchev–Trinajstić information content (AvgIpc) is 3.19. The van der Waals surface area contributed by atoms with Crippen LogP contribution in [-0.2, 0) is 4.79 Å². The standard InChI is InChI=1S/C20H19ClN4O2/c1-12-13(2)20(27)24(19(12)26)18-11-16(14-6-8-15(21)9-7-14)25(23-18)17-5-3-4-10-22-17/h3-10,16,19,26H,11H2,1-2H3. The van der Waals surface area contributed by atoms with Gasteiger partial charge in [0.05, 0.1) is 6.04 Å². The Balaban J connectivity index is 1.73. The number of aromatic nitrogens is 1. The number of amidine groups is 1. The van der Waals surface area contributed by atoms with Crippen LogP contribution in [0.25, 0.3) is 0 Å². The van der Waals surface area contributed by atoms with Gasteiger partial charge >= 0.3 is 0 Å². The molecule has 6 nitrogen and oxygen atoms in total. The first-order valence-corrected chi connectivity index (χ1v) is 9.07. The summed E-state index contributed by atoms with van der Waals surface area (Å²) >= 11 is 6.03. The van der Waals surface area contributed by atoms with Gasteiger partial charge in [-0.15, -0.1) is 0 Å². The fourth-order valence-corrected chi connectivity index (χ4v) is 3.52. The van der Waals surface area contributed by atoms with E-state index in [2.05, 4.69) is 10.1 Å². The smallest absolute Gasteiger partial charge is 0.257 e. The van der Waals surface area contributed by atoms with Gasteiger partial charge in [-0.1, -0.05) is 29.8 Å². The topological polar surface area (TPSA) is 69.0 Å². The molecule has 2 atom stereocenters. The minimum Gasteiger partial charge on any atom is -0.369 e. The number of hydrogen-bond donors (Lipinski definition) is 1.